The molecule has 1 aromatic rings. The van der Waals surface area contributed by atoms with Gasteiger partial charge in [0, 0.05) is 11.5 Å². The van der Waals surface area contributed by atoms with Gasteiger partial charge >= 0.3 is 0 Å². The van der Waals surface area contributed by atoms with Crippen LogP contribution in [0.2, 0.25) is 0 Å². The minimum atomic E-state index is 0.299. The summed E-state index contributed by atoms with van der Waals surface area (Å²) in [5.74, 6) is 0.299. The largest absolute Gasteiger partial charge is 0.298 e. The fraction of sp³-hybridized carbons (Fsp3) is 0.154. The summed E-state index contributed by atoms with van der Waals surface area (Å²) in [4.78, 5) is 10.4. The molecule has 1 nitrogen and oxygen atoms in total. The number of hydrogen-bond acceptors (Lipinski definition) is 1. The van der Waals surface area contributed by atoms with Crippen LogP contribution in [-0.4, -0.2) is 6.29 Å². The summed E-state index contributed by atoms with van der Waals surface area (Å²) < 4.78 is 0. The van der Waals surface area contributed by atoms with E-state index in [4.69, 9.17) is 0 Å². The van der Waals surface area contributed by atoms with Crippen molar-refractivity contribution in [3.05, 3.63) is 60.7 Å². The van der Waals surface area contributed by atoms with Gasteiger partial charge in [-0.2, -0.15) is 0 Å². The van der Waals surface area contributed by atoms with Crippen molar-refractivity contribution in [2.45, 2.75) is 12.3 Å². The van der Waals surface area contributed by atoms with Crippen LogP contribution in [0, 0.1) is 0 Å². The van der Waals surface area contributed by atoms with Crippen LogP contribution in [-0.2, 0) is 0 Å². The van der Waals surface area contributed by atoms with Gasteiger partial charge in [0.05, 0.1) is 0 Å². The summed E-state index contributed by atoms with van der Waals surface area (Å²) in [6, 6.07) is 7.56. The highest BCUT2D eigenvalue weighted by Crippen LogP contribution is 2.21. The Bertz CT molecular complexity index is 322. The molecular formula is C13H14O. The Morgan fingerprint density at radius 1 is 1.21 bits per heavy atom. The highest BCUT2D eigenvalue weighted by Gasteiger charge is 2.04. The van der Waals surface area contributed by atoms with E-state index >= 15 is 0 Å². The quantitative estimate of drug-likeness (QED) is 0.509. The molecule has 0 aliphatic heterocycles. The molecule has 0 aromatic heterocycles. The van der Waals surface area contributed by atoms with Crippen molar-refractivity contribution in [2.75, 3.05) is 0 Å². The van der Waals surface area contributed by atoms with Crippen LogP contribution in [0.15, 0.2) is 49.6 Å². The van der Waals surface area contributed by atoms with Crippen LogP contribution in [0.1, 0.15) is 28.3 Å². The molecular weight excluding hydrogens is 172 g/mol. The molecule has 0 fully saturated rings. The normalized spacial score (nSPS) is 11.7. The molecule has 1 atom stereocenters. The first-order valence-corrected chi connectivity index (χ1v) is 4.60. The van der Waals surface area contributed by atoms with Crippen LogP contribution in [0.3, 0.4) is 0 Å². The Balaban J connectivity index is 2.88. The topological polar surface area (TPSA) is 17.1 Å². The molecule has 0 saturated carbocycles. The SMILES string of the molecule is C=CC[C@H](C=C)c1ccc(C=O)cc1. The lowest BCUT2D eigenvalue weighted by molar-refractivity contribution is 0.112. The fourth-order valence-electron chi connectivity index (χ4n) is 1.37. The average molecular weight is 186 g/mol. The van der Waals surface area contributed by atoms with Crippen molar-refractivity contribution in [3.63, 3.8) is 0 Å². The van der Waals surface area contributed by atoms with Crippen molar-refractivity contribution in [1.82, 2.24) is 0 Å². The zero-order chi connectivity index (χ0) is 10.4. The first-order chi connectivity index (χ1) is 6.81. The van der Waals surface area contributed by atoms with Gasteiger partial charge in [-0.25, -0.2) is 0 Å². The second-order valence-electron chi connectivity index (χ2n) is 3.15. The van der Waals surface area contributed by atoms with Gasteiger partial charge in [-0.1, -0.05) is 36.4 Å². The van der Waals surface area contributed by atoms with E-state index in [1.807, 2.05) is 36.4 Å². The van der Waals surface area contributed by atoms with E-state index in [1.165, 1.54) is 5.56 Å². The fourth-order valence-corrected chi connectivity index (χ4v) is 1.37. The lowest BCUT2D eigenvalue weighted by atomic mass is 9.95. The van der Waals surface area contributed by atoms with Gasteiger partial charge in [0.2, 0.25) is 0 Å². The molecule has 72 valence electrons. The van der Waals surface area contributed by atoms with Gasteiger partial charge in [0.1, 0.15) is 6.29 Å². The molecule has 0 N–H and O–H groups in total. The van der Waals surface area contributed by atoms with E-state index in [0.29, 0.717) is 11.5 Å². The number of benzene rings is 1. The second kappa shape index (κ2) is 5.18. The van der Waals surface area contributed by atoms with Gasteiger partial charge in [-0.3, -0.25) is 4.79 Å². The third-order valence-corrected chi connectivity index (χ3v) is 2.21. The number of rotatable bonds is 5. The maximum absolute atomic E-state index is 10.4. The van der Waals surface area contributed by atoms with Gasteiger partial charge in [-0.15, -0.1) is 13.2 Å². The van der Waals surface area contributed by atoms with Crippen molar-refractivity contribution in [1.29, 1.82) is 0 Å². The molecule has 0 heterocycles. The number of hydrogen-bond donors (Lipinski definition) is 0. The molecule has 14 heavy (non-hydrogen) atoms. The molecule has 0 unspecified atom stereocenters. The van der Waals surface area contributed by atoms with Crippen LogP contribution >= 0.6 is 0 Å². The van der Waals surface area contributed by atoms with E-state index in [1.54, 1.807) is 0 Å². The average Bonchev–Trinajstić information content (AvgIpc) is 2.26. The number of carbonyl (C=O) groups is 1. The minimum absolute atomic E-state index is 0.299. The van der Waals surface area contributed by atoms with E-state index in [2.05, 4.69) is 13.2 Å². The van der Waals surface area contributed by atoms with Crippen molar-refractivity contribution >= 4 is 6.29 Å². The lowest BCUT2D eigenvalue weighted by Gasteiger charge is -2.09. The summed E-state index contributed by atoms with van der Waals surface area (Å²) in [5, 5.41) is 0. The van der Waals surface area contributed by atoms with Gasteiger partial charge in [-0.05, 0) is 12.0 Å². The molecule has 0 bridgehead atoms. The number of allylic oxidation sites excluding steroid dienone is 2. The molecule has 1 aromatic carbocycles. The summed E-state index contributed by atoms with van der Waals surface area (Å²) in [7, 11) is 0. The Labute approximate surface area is 84.8 Å². The molecule has 0 saturated heterocycles. The molecule has 0 radical (unpaired) electrons. The zero-order valence-electron chi connectivity index (χ0n) is 8.15. The van der Waals surface area contributed by atoms with E-state index < -0.39 is 0 Å². The van der Waals surface area contributed by atoms with Gasteiger partial charge < -0.3 is 0 Å². The van der Waals surface area contributed by atoms with Crippen LogP contribution < -0.4 is 0 Å². The summed E-state index contributed by atoms with van der Waals surface area (Å²) >= 11 is 0. The molecule has 1 rings (SSSR count). The zero-order valence-corrected chi connectivity index (χ0v) is 8.15. The minimum Gasteiger partial charge on any atom is -0.298 e. The van der Waals surface area contributed by atoms with E-state index in [9.17, 15) is 4.79 Å². The van der Waals surface area contributed by atoms with Gasteiger partial charge in [0.25, 0.3) is 0 Å². The maximum atomic E-state index is 10.4. The number of aldehydes is 1. The summed E-state index contributed by atoms with van der Waals surface area (Å²) in [6.45, 7) is 7.48. The highest BCUT2D eigenvalue weighted by molar-refractivity contribution is 5.74. The highest BCUT2D eigenvalue weighted by atomic mass is 16.1. The smallest absolute Gasteiger partial charge is 0.150 e. The van der Waals surface area contributed by atoms with Crippen LogP contribution in [0.25, 0.3) is 0 Å². The van der Waals surface area contributed by atoms with Crippen LogP contribution in [0.5, 0.6) is 0 Å². The Kier molecular flexibility index (Phi) is 3.86. The van der Waals surface area contributed by atoms with Crippen molar-refractivity contribution in [3.8, 4) is 0 Å². The maximum Gasteiger partial charge on any atom is 0.150 e. The Hall–Kier alpha value is -1.63. The first-order valence-electron chi connectivity index (χ1n) is 4.60. The molecule has 0 aliphatic rings. The third-order valence-electron chi connectivity index (χ3n) is 2.21. The summed E-state index contributed by atoms with van der Waals surface area (Å²) in [5.41, 5.74) is 1.88. The monoisotopic (exact) mass is 186 g/mol. The standard InChI is InChI=1S/C13H14O/c1-3-5-12(4-2)13-8-6-11(10-14)7-9-13/h3-4,6-10,12H,1-2,5H2/t12-/m0/s1. The predicted octanol–water partition coefficient (Wildman–Crippen LogP) is 3.34. The van der Waals surface area contributed by atoms with Gasteiger partial charge in [0.15, 0.2) is 0 Å². The van der Waals surface area contributed by atoms with Crippen LogP contribution in [0.4, 0.5) is 0 Å². The second-order valence-corrected chi connectivity index (χ2v) is 3.15. The molecule has 0 spiro atoms. The van der Waals surface area contributed by atoms with Crippen molar-refractivity contribution in [2.24, 2.45) is 0 Å². The Morgan fingerprint density at radius 3 is 2.29 bits per heavy atom. The molecule has 0 aliphatic carbocycles. The third kappa shape index (κ3) is 2.43. The Morgan fingerprint density at radius 2 is 1.86 bits per heavy atom. The predicted molar refractivity (Wildman–Crippen MR) is 59.6 cm³/mol. The molecule has 1 heteroatoms. The summed E-state index contributed by atoms with van der Waals surface area (Å²) in [6.07, 6.45) is 5.50. The van der Waals surface area contributed by atoms with E-state index in [-0.39, 0.29) is 0 Å². The lowest BCUT2D eigenvalue weighted by Crippen LogP contribution is -1.93. The van der Waals surface area contributed by atoms with Crippen molar-refractivity contribution < 1.29 is 4.79 Å². The number of carbonyl (C=O) groups excluding carboxylic acids is 1. The first kappa shape index (κ1) is 10.5. The van der Waals surface area contributed by atoms with E-state index in [0.717, 1.165) is 12.7 Å². The molecule has 0 amide bonds.